The van der Waals surface area contributed by atoms with Crippen molar-refractivity contribution in [3.05, 3.63) is 11.6 Å². The van der Waals surface area contributed by atoms with Crippen LogP contribution < -0.4 is 0 Å². The van der Waals surface area contributed by atoms with Crippen LogP contribution in [-0.4, -0.2) is 44.3 Å². The van der Waals surface area contributed by atoms with Crippen LogP contribution in [0.2, 0.25) is 0 Å². The molecule has 0 radical (unpaired) electrons. The third-order valence-electron chi connectivity index (χ3n) is 12.3. The Morgan fingerprint density at radius 2 is 1.59 bits per heavy atom. The number of fused-ring (bicyclic) bond motifs is 5. The van der Waals surface area contributed by atoms with Gasteiger partial charge in [-0.3, -0.25) is 0 Å². The van der Waals surface area contributed by atoms with E-state index in [1.165, 1.54) is 5.57 Å². The fraction of sp³-hybridized carbons (Fsp3) is 0.933. The largest absolute Gasteiger partial charge is 0.393 e. The number of rotatable bonds is 4. The van der Waals surface area contributed by atoms with Crippen molar-refractivity contribution in [2.45, 2.75) is 131 Å². The second kappa shape index (κ2) is 8.30. The van der Waals surface area contributed by atoms with Gasteiger partial charge in [0.1, 0.15) is 0 Å². The summed E-state index contributed by atoms with van der Waals surface area (Å²) in [6.45, 7) is 17.5. The maximum absolute atomic E-state index is 11.8. The molecule has 11 atom stereocenters. The van der Waals surface area contributed by atoms with E-state index in [-0.39, 0.29) is 39.4 Å². The summed E-state index contributed by atoms with van der Waals surface area (Å²) in [7, 11) is 0. The minimum absolute atomic E-state index is 0.0264. The van der Waals surface area contributed by atoms with E-state index in [1.807, 2.05) is 6.92 Å². The number of aliphatic hydroxyl groups is 4. The van der Waals surface area contributed by atoms with E-state index < -0.39 is 23.9 Å². The van der Waals surface area contributed by atoms with Crippen LogP contribution in [0.3, 0.4) is 0 Å². The van der Waals surface area contributed by atoms with Gasteiger partial charge in [0, 0.05) is 0 Å². The molecular formula is C30H52O4. The van der Waals surface area contributed by atoms with Crippen LogP contribution in [0.5, 0.6) is 0 Å². The normalized spacial score (nSPS) is 51.6. The van der Waals surface area contributed by atoms with E-state index in [4.69, 9.17) is 0 Å². The van der Waals surface area contributed by atoms with Crippen LogP contribution in [0.1, 0.15) is 107 Å². The molecule has 4 rings (SSSR count). The first-order valence-corrected chi connectivity index (χ1v) is 13.9. The predicted molar refractivity (Wildman–Crippen MR) is 137 cm³/mol. The molecular weight excluding hydrogens is 424 g/mol. The molecule has 4 nitrogen and oxygen atoms in total. The van der Waals surface area contributed by atoms with Gasteiger partial charge in [0.25, 0.3) is 0 Å². The zero-order valence-corrected chi connectivity index (χ0v) is 23.1. The molecule has 4 saturated carbocycles. The maximum Gasteiger partial charge on any atom is 0.0654 e. The van der Waals surface area contributed by atoms with E-state index in [9.17, 15) is 20.4 Å². The van der Waals surface area contributed by atoms with Crippen molar-refractivity contribution >= 4 is 0 Å². The minimum atomic E-state index is -0.810. The first kappa shape index (κ1) is 26.6. The lowest BCUT2D eigenvalue weighted by Gasteiger charge is -2.71. The third kappa shape index (κ3) is 3.60. The molecule has 0 unspecified atom stereocenters. The van der Waals surface area contributed by atoms with Crippen LogP contribution in [0, 0.1) is 45.3 Å². The summed E-state index contributed by atoms with van der Waals surface area (Å²) in [4.78, 5) is 0. The molecule has 196 valence electrons. The molecule has 0 amide bonds. The van der Waals surface area contributed by atoms with Crippen LogP contribution in [0.25, 0.3) is 0 Å². The second-order valence-electron chi connectivity index (χ2n) is 14.7. The number of aliphatic hydroxyl groups excluding tert-OH is 3. The molecule has 4 aliphatic rings. The van der Waals surface area contributed by atoms with Gasteiger partial charge in [0.2, 0.25) is 0 Å². The summed E-state index contributed by atoms with van der Waals surface area (Å²) in [5, 5.41) is 46.0. The maximum atomic E-state index is 11.8. The van der Waals surface area contributed by atoms with Gasteiger partial charge in [-0.25, -0.2) is 0 Å². The lowest BCUT2D eigenvalue weighted by atomic mass is 9.34. The standard InChI is InChI=1S/C30H52O4/c1-18(2)10-9-13-30(8,34)19-11-15-28(6)24(19)20(31)16-22-27(5)14-12-23(33)26(3,4)25(27)21(32)17-29(22,28)7/h10,19-25,31-34H,9,11-17H2,1-8H3/t19-,20+,21-,22+,23-,24-,25-,27+,28+,29+,30+/m1/s1. The Hall–Kier alpha value is -0.420. The fourth-order valence-electron chi connectivity index (χ4n) is 10.5. The van der Waals surface area contributed by atoms with Gasteiger partial charge in [-0.2, -0.15) is 0 Å². The van der Waals surface area contributed by atoms with E-state index >= 15 is 0 Å². The summed E-state index contributed by atoms with van der Waals surface area (Å²) < 4.78 is 0. The molecule has 34 heavy (non-hydrogen) atoms. The van der Waals surface area contributed by atoms with Gasteiger partial charge in [0.15, 0.2) is 0 Å². The van der Waals surface area contributed by atoms with E-state index in [0.717, 1.165) is 51.4 Å². The molecule has 0 aromatic heterocycles. The monoisotopic (exact) mass is 476 g/mol. The van der Waals surface area contributed by atoms with Gasteiger partial charge in [-0.05, 0) is 117 Å². The highest BCUT2D eigenvalue weighted by Gasteiger charge is 2.72. The predicted octanol–water partition coefficient (Wildman–Crippen LogP) is 5.47. The zero-order valence-electron chi connectivity index (χ0n) is 23.1. The van der Waals surface area contributed by atoms with E-state index in [0.29, 0.717) is 5.92 Å². The second-order valence-corrected chi connectivity index (χ2v) is 14.7. The Balaban J connectivity index is 1.70. The molecule has 0 aromatic carbocycles. The highest BCUT2D eigenvalue weighted by Crippen LogP contribution is 2.75. The molecule has 4 aliphatic carbocycles. The number of hydrogen-bond donors (Lipinski definition) is 4. The first-order chi connectivity index (χ1) is 15.5. The topological polar surface area (TPSA) is 80.9 Å². The Morgan fingerprint density at radius 3 is 2.21 bits per heavy atom. The Kier molecular flexibility index (Phi) is 6.50. The van der Waals surface area contributed by atoms with Crippen molar-refractivity contribution in [1.29, 1.82) is 0 Å². The van der Waals surface area contributed by atoms with Gasteiger partial charge in [-0.1, -0.05) is 46.3 Å². The van der Waals surface area contributed by atoms with Gasteiger partial charge in [0.05, 0.1) is 23.9 Å². The molecule has 0 spiro atoms. The number of allylic oxidation sites excluding steroid dienone is 2. The summed E-state index contributed by atoms with van der Waals surface area (Å²) in [5.41, 5.74) is -0.230. The summed E-state index contributed by atoms with van der Waals surface area (Å²) >= 11 is 0. The highest BCUT2D eigenvalue weighted by molar-refractivity contribution is 5.21. The van der Waals surface area contributed by atoms with Crippen molar-refractivity contribution in [3.8, 4) is 0 Å². The van der Waals surface area contributed by atoms with Crippen LogP contribution in [0.4, 0.5) is 0 Å². The highest BCUT2D eigenvalue weighted by atomic mass is 16.3. The van der Waals surface area contributed by atoms with Crippen molar-refractivity contribution < 1.29 is 20.4 Å². The summed E-state index contributed by atoms with van der Waals surface area (Å²) in [6, 6.07) is 0. The molecule has 4 heteroatoms. The van der Waals surface area contributed by atoms with Crippen molar-refractivity contribution in [2.24, 2.45) is 45.3 Å². The molecule has 0 bridgehead atoms. The number of hydrogen-bond acceptors (Lipinski definition) is 4. The molecule has 4 N–H and O–H groups in total. The minimum Gasteiger partial charge on any atom is -0.393 e. The first-order valence-electron chi connectivity index (χ1n) is 13.9. The molecule has 0 aliphatic heterocycles. The van der Waals surface area contributed by atoms with Crippen molar-refractivity contribution in [3.63, 3.8) is 0 Å². The lowest BCUT2D eigenvalue weighted by Crippen LogP contribution is -2.69. The molecule has 0 aromatic rings. The third-order valence-corrected chi connectivity index (χ3v) is 12.3. The van der Waals surface area contributed by atoms with Crippen LogP contribution in [-0.2, 0) is 0 Å². The average molecular weight is 477 g/mol. The van der Waals surface area contributed by atoms with E-state index in [2.05, 4.69) is 54.5 Å². The van der Waals surface area contributed by atoms with Gasteiger partial charge >= 0.3 is 0 Å². The summed E-state index contributed by atoms with van der Waals surface area (Å²) in [6.07, 6.45) is 7.54. The van der Waals surface area contributed by atoms with Gasteiger partial charge < -0.3 is 20.4 Å². The molecule has 0 heterocycles. The lowest BCUT2D eigenvalue weighted by molar-refractivity contribution is -0.274. The Bertz CT molecular complexity index is 813. The Labute approximate surface area is 208 Å². The fourth-order valence-corrected chi connectivity index (χ4v) is 10.5. The SMILES string of the molecule is CC(C)=CCC[C@](C)(O)[C@@H]1CC[C@@]2(C)[C@H]1[C@@H](O)C[C@H]1[C@]3(C)CC[C@@H](O)C(C)(C)[C@H]3[C@H](O)C[C@@]12C. The van der Waals surface area contributed by atoms with E-state index in [1.54, 1.807) is 0 Å². The zero-order chi connectivity index (χ0) is 25.5. The summed E-state index contributed by atoms with van der Waals surface area (Å²) in [5.74, 6) is 0.442. The van der Waals surface area contributed by atoms with Crippen LogP contribution in [0.15, 0.2) is 11.6 Å². The van der Waals surface area contributed by atoms with Crippen molar-refractivity contribution in [2.75, 3.05) is 0 Å². The molecule has 0 saturated heterocycles. The quantitative estimate of drug-likeness (QED) is 0.406. The smallest absolute Gasteiger partial charge is 0.0654 e. The van der Waals surface area contributed by atoms with Crippen LogP contribution >= 0.6 is 0 Å². The average Bonchev–Trinajstić information content (AvgIpc) is 3.07. The Morgan fingerprint density at radius 1 is 0.941 bits per heavy atom. The van der Waals surface area contributed by atoms with Crippen molar-refractivity contribution in [1.82, 2.24) is 0 Å². The van der Waals surface area contributed by atoms with Gasteiger partial charge in [-0.15, -0.1) is 0 Å². The molecule has 4 fully saturated rings.